The standard InChI is InChI=1S/C46H28BN2O/c1-2-11-28(12-3-1)29-21-23-33(24-22-29)48-39-26-31-14-5-4-13-30(31)25-37(39)42-34-16-7-6-15-32(34)27-40-44(42)47-38-19-10-18-36-43-35-17-8-9-20-41(35)50-46(43)49(40)45(36)38/h1-27,48H. The highest BCUT2D eigenvalue weighted by Gasteiger charge is 2.29. The van der Waals surface area contributed by atoms with Gasteiger partial charge in [-0.05, 0) is 80.1 Å². The molecule has 231 valence electrons. The van der Waals surface area contributed by atoms with Gasteiger partial charge in [0.25, 0.3) is 0 Å². The average Bonchev–Trinajstić information content (AvgIpc) is 3.71. The van der Waals surface area contributed by atoms with Crippen molar-refractivity contribution in [3.05, 3.63) is 164 Å². The number of fused-ring (bicyclic) bond motifs is 9. The van der Waals surface area contributed by atoms with Gasteiger partial charge in [0, 0.05) is 33.4 Å². The molecule has 10 aromatic rings. The van der Waals surface area contributed by atoms with Crippen molar-refractivity contribution in [2.24, 2.45) is 0 Å². The molecule has 1 aliphatic rings. The predicted octanol–water partition coefficient (Wildman–Crippen LogP) is 10.9. The quantitative estimate of drug-likeness (QED) is 0.195. The number of nitrogens with one attached hydrogen (secondary N) is 1. The Kier molecular flexibility index (Phi) is 5.76. The summed E-state index contributed by atoms with van der Waals surface area (Å²) in [5, 5.41) is 12.2. The van der Waals surface area contributed by atoms with Gasteiger partial charge in [-0.1, -0.05) is 133 Å². The smallest absolute Gasteiger partial charge is 0.213 e. The van der Waals surface area contributed by atoms with Crippen LogP contribution in [0, 0.1) is 0 Å². The van der Waals surface area contributed by atoms with Gasteiger partial charge in [0.1, 0.15) is 5.58 Å². The van der Waals surface area contributed by atoms with E-state index in [1.807, 2.05) is 6.07 Å². The second-order valence-corrected chi connectivity index (χ2v) is 13.2. The fourth-order valence-electron chi connectivity index (χ4n) is 8.12. The number of anilines is 2. The minimum absolute atomic E-state index is 0.889. The SMILES string of the molecule is [B]1c2c(cc3ccccc3c2-c2cc3ccccc3cc2Nc2ccc(-c3ccccc3)cc2)-n2c3oc4ccccc4c3c3cccc1c32. The van der Waals surface area contributed by atoms with Gasteiger partial charge in [0.05, 0.1) is 10.9 Å². The molecule has 0 spiro atoms. The monoisotopic (exact) mass is 635 g/mol. The lowest BCUT2D eigenvalue weighted by Gasteiger charge is -2.26. The molecule has 4 heteroatoms. The summed E-state index contributed by atoms with van der Waals surface area (Å²) in [6, 6.07) is 58.7. The second-order valence-electron chi connectivity index (χ2n) is 13.2. The lowest BCUT2D eigenvalue weighted by Crippen LogP contribution is -2.37. The Bertz CT molecular complexity index is 2970. The molecule has 8 aromatic carbocycles. The van der Waals surface area contributed by atoms with E-state index < -0.39 is 0 Å². The van der Waals surface area contributed by atoms with Crippen LogP contribution in [-0.4, -0.2) is 11.8 Å². The highest BCUT2D eigenvalue weighted by molar-refractivity contribution is 6.74. The molecule has 0 amide bonds. The van der Waals surface area contributed by atoms with E-state index in [-0.39, 0.29) is 0 Å². The van der Waals surface area contributed by atoms with Gasteiger partial charge >= 0.3 is 0 Å². The first kappa shape index (κ1) is 27.4. The molecule has 0 saturated heterocycles. The third-order valence-corrected chi connectivity index (χ3v) is 10.4. The summed E-state index contributed by atoms with van der Waals surface area (Å²) in [6.07, 6.45) is 0. The van der Waals surface area contributed by atoms with Crippen molar-refractivity contribution >= 4 is 84.1 Å². The largest absolute Gasteiger partial charge is 0.439 e. The molecule has 3 heterocycles. The molecular weight excluding hydrogens is 607 g/mol. The Morgan fingerprint density at radius 2 is 1.22 bits per heavy atom. The van der Waals surface area contributed by atoms with Gasteiger partial charge in [-0.25, -0.2) is 0 Å². The topological polar surface area (TPSA) is 30.1 Å². The zero-order valence-corrected chi connectivity index (χ0v) is 27.0. The van der Waals surface area contributed by atoms with Crippen LogP contribution in [0.1, 0.15) is 0 Å². The molecule has 0 atom stereocenters. The maximum atomic E-state index is 6.70. The van der Waals surface area contributed by atoms with Crippen LogP contribution in [0.3, 0.4) is 0 Å². The van der Waals surface area contributed by atoms with Crippen molar-refractivity contribution < 1.29 is 4.42 Å². The summed E-state index contributed by atoms with van der Waals surface area (Å²) in [6.45, 7) is 0. The van der Waals surface area contributed by atoms with Gasteiger partial charge in [0.15, 0.2) is 7.28 Å². The average molecular weight is 636 g/mol. The molecule has 1 N–H and O–H groups in total. The van der Waals surface area contributed by atoms with Crippen LogP contribution >= 0.6 is 0 Å². The molecule has 1 aliphatic heterocycles. The van der Waals surface area contributed by atoms with E-state index in [0.29, 0.717) is 0 Å². The predicted molar refractivity (Wildman–Crippen MR) is 211 cm³/mol. The normalized spacial score (nSPS) is 12.2. The number of nitrogens with zero attached hydrogens (tertiary/aromatic N) is 1. The maximum absolute atomic E-state index is 6.70. The highest BCUT2D eigenvalue weighted by Crippen LogP contribution is 2.43. The fraction of sp³-hybridized carbons (Fsp3) is 0. The molecule has 0 aliphatic carbocycles. The minimum atomic E-state index is 0.889. The number of benzene rings is 8. The van der Waals surface area contributed by atoms with E-state index in [0.717, 1.165) is 39.3 Å². The molecule has 0 bridgehead atoms. The first-order valence-electron chi connectivity index (χ1n) is 17.1. The number of hydrogen-bond acceptors (Lipinski definition) is 2. The first-order chi connectivity index (χ1) is 24.8. The Balaban J connectivity index is 1.18. The fourth-order valence-corrected chi connectivity index (χ4v) is 8.12. The van der Waals surface area contributed by atoms with Crippen LogP contribution < -0.4 is 16.2 Å². The zero-order valence-electron chi connectivity index (χ0n) is 27.0. The third kappa shape index (κ3) is 3.99. The first-order valence-corrected chi connectivity index (χ1v) is 17.1. The summed E-state index contributed by atoms with van der Waals surface area (Å²) in [4.78, 5) is 0. The molecule has 3 nitrogen and oxygen atoms in total. The van der Waals surface area contributed by atoms with E-state index in [2.05, 4.69) is 175 Å². The molecule has 50 heavy (non-hydrogen) atoms. The molecule has 0 saturated carbocycles. The number of furan rings is 1. The third-order valence-electron chi connectivity index (χ3n) is 10.4. The molecule has 11 rings (SSSR count). The van der Waals surface area contributed by atoms with Crippen LogP contribution in [0.2, 0.25) is 0 Å². The summed E-state index contributed by atoms with van der Waals surface area (Å²) in [7, 11) is 2.38. The molecule has 0 fully saturated rings. The Morgan fingerprint density at radius 3 is 2.06 bits per heavy atom. The van der Waals surface area contributed by atoms with Crippen LogP contribution in [0.15, 0.2) is 168 Å². The highest BCUT2D eigenvalue weighted by atomic mass is 16.3. The van der Waals surface area contributed by atoms with Crippen LogP contribution in [0.4, 0.5) is 11.4 Å². The molecule has 2 aromatic heterocycles. The number of hydrogen-bond donors (Lipinski definition) is 1. The van der Waals surface area contributed by atoms with E-state index in [9.17, 15) is 0 Å². The summed E-state index contributed by atoms with van der Waals surface area (Å²) < 4.78 is 9.06. The van der Waals surface area contributed by atoms with Gasteiger partial charge in [-0.15, -0.1) is 0 Å². The lowest BCUT2D eigenvalue weighted by atomic mass is 9.58. The van der Waals surface area contributed by atoms with E-state index in [1.54, 1.807) is 0 Å². The van der Waals surface area contributed by atoms with E-state index >= 15 is 0 Å². The van der Waals surface area contributed by atoms with Crippen molar-refractivity contribution in [1.29, 1.82) is 0 Å². The lowest BCUT2D eigenvalue weighted by molar-refractivity contribution is 0.646. The van der Waals surface area contributed by atoms with Gasteiger partial charge in [0.2, 0.25) is 5.71 Å². The van der Waals surface area contributed by atoms with Crippen molar-refractivity contribution in [2.45, 2.75) is 0 Å². The summed E-state index contributed by atoms with van der Waals surface area (Å²) in [5.41, 5.74) is 13.4. The molecule has 0 unspecified atom stereocenters. The Hall–Kier alpha value is -6.52. The van der Waals surface area contributed by atoms with E-state index in [4.69, 9.17) is 4.42 Å². The Morgan fingerprint density at radius 1 is 0.540 bits per heavy atom. The second kappa shape index (κ2) is 10.5. The van der Waals surface area contributed by atoms with Crippen LogP contribution in [-0.2, 0) is 0 Å². The van der Waals surface area contributed by atoms with Crippen LogP contribution in [0.5, 0.6) is 0 Å². The van der Waals surface area contributed by atoms with E-state index in [1.165, 1.54) is 65.5 Å². The van der Waals surface area contributed by atoms with Crippen molar-refractivity contribution in [3.63, 3.8) is 0 Å². The maximum Gasteiger partial charge on any atom is 0.213 e. The van der Waals surface area contributed by atoms with Crippen molar-refractivity contribution in [3.8, 4) is 27.9 Å². The van der Waals surface area contributed by atoms with Gasteiger partial charge < -0.3 is 9.73 Å². The van der Waals surface area contributed by atoms with Gasteiger partial charge in [-0.3, -0.25) is 4.57 Å². The number of aromatic nitrogens is 1. The molecular formula is C46H28BN2O. The minimum Gasteiger partial charge on any atom is -0.439 e. The van der Waals surface area contributed by atoms with Crippen LogP contribution in [0.25, 0.3) is 82.5 Å². The summed E-state index contributed by atoms with van der Waals surface area (Å²) in [5.74, 6) is 0. The van der Waals surface area contributed by atoms with Gasteiger partial charge in [-0.2, -0.15) is 0 Å². The number of rotatable bonds is 4. The van der Waals surface area contributed by atoms with Crippen molar-refractivity contribution in [2.75, 3.05) is 5.32 Å². The molecule has 1 radical (unpaired) electrons. The number of para-hydroxylation sites is 2. The zero-order chi connectivity index (χ0) is 32.8. The van der Waals surface area contributed by atoms with Crippen molar-refractivity contribution in [1.82, 2.24) is 4.57 Å². The summed E-state index contributed by atoms with van der Waals surface area (Å²) >= 11 is 0. The Labute approximate surface area is 289 Å².